The summed E-state index contributed by atoms with van der Waals surface area (Å²) < 4.78 is 20.1. The lowest BCUT2D eigenvalue weighted by Crippen LogP contribution is -2.42. The number of thiocarbonyl (C=S) groups is 1. The van der Waals surface area contributed by atoms with Crippen molar-refractivity contribution < 1.29 is 13.9 Å². The van der Waals surface area contributed by atoms with Crippen molar-refractivity contribution in [3.8, 4) is 5.69 Å². The Morgan fingerprint density at radius 1 is 1.23 bits per heavy atom. The third-order valence-electron chi connectivity index (χ3n) is 4.54. The maximum atomic E-state index is 14.8. The average Bonchev–Trinajstić information content (AvgIpc) is 3.33. The van der Waals surface area contributed by atoms with E-state index < -0.39 is 18.0 Å². The predicted molar refractivity (Wildman–Crippen MR) is 114 cm³/mol. The number of benzene rings is 2. The van der Waals surface area contributed by atoms with Crippen molar-refractivity contribution in [2.24, 2.45) is 5.73 Å². The average molecular weight is 429 g/mol. The summed E-state index contributed by atoms with van der Waals surface area (Å²) in [5, 5.41) is 14.9. The second-order valence-electron chi connectivity index (χ2n) is 6.66. The van der Waals surface area contributed by atoms with Crippen LogP contribution in [0, 0.1) is 5.82 Å². The Balaban J connectivity index is 1.45. The predicted octanol–water partition coefficient (Wildman–Crippen LogP) is 1.31. The summed E-state index contributed by atoms with van der Waals surface area (Å²) in [4.78, 5) is 14.9. The highest BCUT2D eigenvalue weighted by atomic mass is 32.1. The Labute approximate surface area is 177 Å². The molecule has 4 N–H and O–H groups in total. The van der Waals surface area contributed by atoms with E-state index in [1.54, 1.807) is 18.2 Å². The second kappa shape index (κ2) is 8.59. The van der Waals surface area contributed by atoms with Crippen LogP contribution in [0.4, 0.5) is 14.9 Å². The fourth-order valence-corrected chi connectivity index (χ4v) is 3.27. The van der Waals surface area contributed by atoms with Gasteiger partial charge < -0.3 is 21.1 Å². The quantitative estimate of drug-likeness (QED) is 0.503. The summed E-state index contributed by atoms with van der Waals surface area (Å²) in [6.07, 6.45) is -0.964. The molecule has 1 atom stereocenters. The molecule has 30 heavy (non-hydrogen) atoms. The zero-order chi connectivity index (χ0) is 21.1. The number of cyclic esters (lactones) is 1. The van der Waals surface area contributed by atoms with Crippen molar-refractivity contribution in [2.45, 2.75) is 6.10 Å². The number of nitrogens with two attached hydrogens (primary N) is 1. The highest BCUT2D eigenvalue weighted by molar-refractivity contribution is 7.80. The molecule has 11 heteroatoms. The first-order valence-corrected chi connectivity index (χ1v) is 9.78. The molecule has 1 aliphatic heterocycles. The Bertz CT molecular complexity index is 1060. The van der Waals surface area contributed by atoms with Gasteiger partial charge in [0.2, 0.25) is 0 Å². The van der Waals surface area contributed by atoms with Crippen molar-refractivity contribution >= 4 is 40.1 Å². The summed E-state index contributed by atoms with van der Waals surface area (Å²) >= 11 is 5.11. The topological polar surface area (TPSA) is 110 Å². The number of hydrogen-bond acceptors (Lipinski definition) is 6. The number of anilines is 1. The van der Waals surface area contributed by atoms with Gasteiger partial charge in [0, 0.05) is 19.2 Å². The van der Waals surface area contributed by atoms with Gasteiger partial charge in [0.25, 0.3) is 0 Å². The maximum absolute atomic E-state index is 14.8. The number of amides is 1. The van der Waals surface area contributed by atoms with Gasteiger partial charge in [0.15, 0.2) is 10.9 Å². The van der Waals surface area contributed by atoms with Crippen LogP contribution >= 0.6 is 12.2 Å². The van der Waals surface area contributed by atoms with Crippen LogP contribution in [-0.2, 0) is 4.74 Å². The van der Waals surface area contributed by atoms with Crippen LogP contribution in [0.5, 0.6) is 0 Å². The number of carbonyl (C=O) groups is 1. The van der Waals surface area contributed by atoms with Gasteiger partial charge in [-0.3, -0.25) is 4.90 Å². The van der Waals surface area contributed by atoms with Gasteiger partial charge in [-0.2, -0.15) is 0 Å². The molecular formula is C19H20FN7O2S. The molecule has 1 amide bonds. The number of nitrogens with one attached hydrogen (secondary N) is 2. The summed E-state index contributed by atoms with van der Waals surface area (Å²) in [7, 11) is 0. The highest BCUT2D eigenvalue weighted by Gasteiger charge is 2.32. The van der Waals surface area contributed by atoms with Gasteiger partial charge >= 0.3 is 6.09 Å². The van der Waals surface area contributed by atoms with Crippen LogP contribution in [-0.4, -0.2) is 58.5 Å². The first kappa shape index (κ1) is 20.0. The number of halogens is 1. The molecule has 9 nitrogen and oxygen atoms in total. The van der Waals surface area contributed by atoms with Crippen molar-refractivity contribution in [3.05, 3.63) is 48.3 Å². The molecule has 0 aliphatic carbocycles. The zero-order valence-electron chi connectivity index (χ0n) is 15.9. The molecule has 1 aliphatic rings. The molecule has 4 rings (SSSR count). The summed E-state index contributed by atoms with van der Waals surface area (Å²) in [5.41, 5.74) is 7.32. The number of nitrogens with zero attached hydrogens (tertiary/aromatic N) is 4. The third-order valence-corrected chi connectivity index (χ3v) is 4.83. The molecule has 0 unspecified atom stereocenters. The molecule has 156 valence electrons. The van der Waals surface area contributed by atoms with Crippen molar-refractivity contribution in [1.82, 2.24) is 25.6 Å². The monoisotopic (exact) mass is 429 g/mol. The summed E-state index contributed by atoms with van der Waals surface area (Å²) in [5.74, 6) is -0.547. The molecule has 2 heterocycles. The second-order valence-corrected chi connectivity index (χ2v) is 7.06. The number of fused-ring (bicyclic) bond motifs is 1. The van der Waals surface area contributed by atoms with Crippen molar-refractivity contribution in [1.29, 1.82) is 0 Å². The van der Waals surface area contributed by atoms with Gasteiger partial charge in [0.05, 0.1) is 18.8 Å². The maximum Gasteiger partial charge on any atom is 0.414 e. The number of carbonyl (C=O) groups excluding carboxylic acids is 1. The molecule has 0 spiro atoms. The number of ether oxygens (including phenoxy) is 1. The molecule has 2 aromatic carbocycles. The standard InChI is InChI=1S/C19H20FN7O2S/c20-14-9-12(5-6-17(14)27-24-15-3-1-2-4-16(15)25-27)26-11-13(29-19(26)28)10-23-18(30)22-8-7-21/h1-6,9,13H,7-8,10-11,21H2,(H2,22,23,30)/t13-/m0/s1. The van der Waals surface area contributed by atoms with E-state index in [0.29, 0.717) is 41.5 Å². The minimum absolute atomic E-state index is 0.192. The van der Waals surface area contributed by atoms with Crippen LogP contribution in [0.25, 0.3) is 16.7 Å². The van der Waals surface area contributed by atoms with Crippen LogP contribution in [0.3, 0.4) is 0 Å². The number of rotatable bonds is 6. The Hall–Kier alpha value is -3.31. The molecule has 0 bridgehead atoms. The molecule has 0 saturated carbocycles. The van der Waals surface area contributed by atoms with E-state index >= 15 is 0 Å². The summed E-state index contributed by atoms with van der Waals surface area (Å²) in [6.45, 7) is 1.62. The molecule has 1 fully saturated rings. The van der Waals surface area contributed by atoms with Crippen LogP contribution in [0.1, 0.15) is 0 Å². The van der Waals surface area contributed by atoms with Gasteiger partial charge in [-0.25, -0.2) is 9.18 Å². The first-order valence-electron chi connectivity index (χ1n) is 9.37. The van der Waals surface area contributed by atoms with E-state index in [1.807, 2.05) is 12.1 Å². The van der Waals surface area contributed by atoms with E-state index in [1.165, 1.54) is 21.8 Å². The lowest BCUT2D eigenvalue weighted by atomic mass is 10.2. The first-order chi connectivity index (χ1) is 14.5. The lowest BCUT2D eigenvalue weighted by Gasteiger charge is -2.15. The minimum Gasteiger partial charge on any atom is -0.442 e. The normalized spacial score (nSPS) is 16.0. The highest BCUT2D eigenvalue weighted by Crippen LogP contribution is 2.25. The van der Waals surface area contributed by atoms with Crippen LogP contribution in [0.2, 0.25) is 0 Å². The Morgan fingerprint density at radius 3 is 2.63 bits per heavy atom. The Morgan fingerprint density at radius 2 is 1.97 bits per heavy atom. The van der Waals surface area contributed by atoms with Crippen molar-refractivity contribution in [3.63, 3.8) is 0 Å². The third kappa shape index (κ3) is 4.16. The summed E-state index contributed by atoms with van der Waals surface area (Å²) in [6, 6.07) is 11.7. The lowest BCUT2D eigenvalue weighted by molar-refractivity contribution is 0.143. The molecule has 1 aromatic heterocycles. The van der Waals surface area contributed by atoms with E-state index in [4.69, 9.17) is 22.7 Å². The van der Waals surface area contributed by atoms with E-state index in [9.17, 15) is 9.18 Å². The largest absolute Gasteiger partial charge is 0.442 e. The van der Waals surface area contributed by atoms with Gasteiger partial charge in [-0.05, 0) is 36.5 Å². The fourth-order valence-electron chi connectivity index (χ4n) is 3.09. The van der Waals surface area contributed by atoms with Crippen molar-refractivity contribution in [2.75, 3.05) is 31.1 Å². The molecule has 3 aromatic rings. The van der Waals surface area contributed by atoms with Gasteiger partial charge in [-0.15, -0.1) is 15.0 Å². The molecule has 0 radical (unpaired) electrons. The van der Waals surface area contributed by atoms with Crippen LogP contribution in [0.15, 0.2) is 42.5 Å². The Kier molecular flexibility index (Phi) is 5.72. The molecular weight excluding hydrogens is 409 g/mol. The van der Waals surface area contributed by atoms with Gasteiger partial charge in [-0.1, -0.05) is 12.1 Å². The minimum atomic E-state index is -0.547. The SMILES string of the molecule is NCCNC(=S)NC[C@H]1CN(c2ccc(-n3nc4ccccc4n3)c(F)c2)C(=O)O1. The van der Waals surface area contributed by atoms with E-state index in [2.05, 4.69) is 20.8 Å². The van der Waals surface area contributed by atoms with E-state index in [0.717, 1.165) is 0 Å². The van der Waals surface area contributed by atoms with Crippen LogP contribution < -0.4 is 21.3 Å². The number of hydrogen-bond donors (Lipinski definition) is 3. The smallest absolute Gasteiger partial charge is 0.414 e. The number of aromatic nitrogens is 3. The van der Waals surface area contributed by atoms with E-state index in [-0.39, 0.29) is 12.2 Å². The fraction of sp³-hybridized carbons (Fsp3) is 0.263. The zero-order valence-corrected chi connectivity index (χ0v) is 16.7. The molecule has 1 saturated heterocycles. The van der Waals surface area contributed by atoms with Gasteiger partial charge in [0.1, 0.15) is 22.8 Å².